The fraction of sp³-hybridized carbons (Fsp3) is 0.941. The number of nitrogens with one attached hydrogen (secondary N) is 2. The molecule has 130 valence electrons. The third kappa shape index (κ3) is 7.99. The van der Waals surface area contributed by atoms with Crippen LogP contribution in [0.4, 0.5) is 4.79 Å². The zero-order chi connectivity index (χ0) is 16.8. The van der Waals surface area contributed by atoms with Crippen molar-refractivity contribution in [3.05, 3.63) is 0 Å². The lowest BCUT2D eigenvalue weighted by Gasteiger charge is -2.25. The number of amides is 2. The van der Waals surface area contributed by atoms with Crippen molar-refractivity contribution in [2.24, 2.45) is 17.3 Å². The van der Waals surface area contributed by atoms with E-state index >= 15 is 0 Å². The second-order valence-corrected chi connectivity index (χ2v) is 8.31. The van der Waals surface area contributed by atoms with Gasteiger partial charge in [0.25, 0.3) is 0 Å². The molecule has 1 rings (SSSR count). The molecule has 3 N–H and O–H groups in total. The molecule has 0 spiro atoms. The largest absolute Gasteiger partial charge is 0.394 e. The first-order chi connectivity index (χ1) is 10.2. The highest BCUT2D eigenvalue weighted by molar-refractivity contribution is 5.74. The molecule has 0 bridgehead atoms. The molecule has 0 aromatic rings. The Balaban J connectivity index is 2.25. The summed E-state index contributed by atoms with van der Waals surface area (Å²) in [5.41, 5.74) is 0.0868. The van der Waals surface area contributed by atoms with Crippen molar-refractivity contribution >= 4 is 6.03 Å². The van der Waals surface area contributed by atoms with Crippen molar-refractivity contribution in [2.75, 3.05) is 32.8 Å². The minimum atomic E-state index is -0.180. The molecule has 2 unspecified atom stereocenters. The van der Waals surface area contributed by atoms with Crippen LogP contribution in [0.3, 0.4) is 0 Å². The number of likely N-dealkylation sites (tertiary alicyclic amines) is 1. The third-order valence-electron chi connectivity index (χ3n) is 3.96. The van der Waals surface area contributed by atoms with Crippen molar-refractivity contribution in [1.29, 1.82) is 0 Å². The minimum absolute atomic E-state index is 0.0176. The standard InChI is InChI=1S/C17H35N3O2/c1-13(2)10-20-7-6-14(11-20)9-18-16(22)19-15(12-21)8-17(3,4)5/h13-15,21H,6-12H2,1-5H3,(H2,18,19,22). The average molecular weight is 313 g/mol. The molecule has 1 aliphatic rings. The smallest absolute Gasteiger partial charge is 0.315 e. The Morgan fingerprint density at radius 2 is 2.05 bits per heavy atom. The average Bonchev–Trinajstić information content (AvgIpc) is 2.80. The lowest BCUT2D eigenvalue weighted by Crippen LogP contribution is -2.46. The summed E-state index contributed by atoms with van der Waals surface area (Å²) < 4.78 is 0. The summed E-state index contributed by atoms with van der Waals surface area (Å²) in [6.45, 7) is 14.8. The first kappa shape index (κ1) is 19.2. The molecule has 0 aliphatic carbocycles. The second kappa shape index (κ2) is 8.73. The van der Waals surface area contributed by atoms with E-state index in [1.807, 2.05) is 0 Å². The molecule has 5 nitrogen and oxygen atoms in total. The molecular weight excluding hydrogens is 278 g/mol. The zero-order valence-electron chi connectivity index (χ0n) is 15.0. The minimum Gasteiger partial charge on any atom is -0.394 e. The number of hydrogen-bond acceptors (Lipinski definition) is 3. The molecule has 1 heterocycles. The van der Waals surface area contributed by atoms with Gasteiger partial charge in [0.2, 0.25) is 0 Å². The summed E-state index contributed by atoms with van der Waals surface area (Å²) in [6, 6.07) is -0.341. The molecule has 22 heavy (non-hydrogen) atoms. The van der Waals surface area contributed by atoms with Crippen LogP contribution in [0.15, 0.2) is 0 Å². The van der Waals surface area contributed by atoms with E-state index in [9.17, 15) is 9.90 Å². The van der Waals surface area contributed by atoms with E-state index in [0.717, 1.165) is 32.5 Å². The van der Waals surface area contributed by atoms with Gasteiger partial charge >= 0.3 is 6.03 Å². The van der Waals surface area contributed by atoms with E-state index in [-0.39, 0.29) is 24.1 Å². The van der Waals surface area contributed by atoms with Crippen LogP contribution in [0.5, 0.6) is 0 Å². The van der Waals surface area contributed by atoms with Gasteiger partial charge in [0.05, 0.1) is 12.6 Å². The van der Waals surface area contributed by atoms with Gasteiger partial charge in [-0.05, 0) is 36.6 Å². The van der Waals surface area contributed by atoms with Crippen LogP contribution in [0.1, 0.15) is 47.5 Å². The molecule has 0 saturated carbocycles. The summed E-state index contributed by atoms with van der Waals surface area (Å²) >= 11 is 0. The monoisotopic (exact) mass is 313 g/mol. The molecule has 1 aliphatic heterocycles. The highest BCUT2D eigenvalue weighted by Gasteiger charge is 2.24. The summed E-state index contributed by atoms with van der Waals surface area (Å²) in [5, 5.41) is 15.2. The molecule has 2 amide bonds. The Labute approximate surface area is 135 Å². The first-order valence-corrected chi connectivity index (χ1v) is 8.57. The van der Waals surface area contributed by atoms with Crippen molar-refractivity contribution in [2.45, 2.75) is 53.5 Å². The van der Waals surface area contributed by atoms with Crippen molar-refractivity contribution in [3.63, 3.8) is 0 Å². The molecule has 0 aromatic heterocycles. The Morgan fingerprint density at radius 1 is 1.36 bits per heavy atom. The maximum Gasteiger partial charge on any atom is 0.315 e. The van der Waals surface area contributed by atoms with Crippen LogP contribution in [0.25, 0.3) is 0 Å². The van der Waals surface area contributed by atoms with Crippen LogP contribution in [0.2, 0.25) is 0 Å². The predicted molar refractivity (Wildman–Crippen MR) is 90.9 cm³/mol. The number of aliphatic hydroxyl groups is 1. The number of rotatable bonds is 7. The summed E-state index contributed by atoms with van der Waals surface area (Å²) in [6.07, 6.45) is 1.92. The Hall–Kier alpha value is -0.810. The summed E-state index contributed by atoms with van der Waals surface area (Å²) in [5.74, 6) is 1.23. The van der Waals surface area contributed by atoms with Gasteiger partial charge in [-0.25, -0.2) is 4.79 Å². The fourth-order valence-corrected chi connectivity index (χ4v) is 3.14. The molecule has 5 heteroatoms. The lowest BCUT2D eigenvalue weighted by atomic mass is 9.88. The van der Waals surface area contributed by atoms with Crippen LogP contribution < -0.4 is 10.6 Å². The molecule has 2 atom stereocenters. The van der Waals surface area contributed by atoms with Gasteiger partial charge in [0, 0.05) is 19.6 Å². The molecule has 0 radical (unpaired) electrons. The van der Waals surface area contributed by atoms with Crippen molar-refractivity contribution in [1.82, 2.24) is 15.5 Å². The van der Waals surface area contributed by atoms with E-state index in [0.29, 0.717) is 18.4 Å². The summed E-state index contributed by atoms with van der Waals surface area (Å²) in [7, 11) is 0. The topological polar surface area (TPSA) is 64.6 Å². The van der Waals surface area contributed by atoms with Gasteiger partial charge in [0.1, 0.15) is 0 Å². The molecule has 1 fully saturated rings. The number of aliphatic hydroxyl groups excluding tert-OH is 1. The van der Waals surface area contributed by atoms with Crippen LogP contribution >= 0.6 is 0 Å². The van der Waals surface area contributed by atoms with Crippen LogP contribution in [-0.2, 0) is 0 Å². The number of hydrogen-bond donors (Lipinski definition) is 3. The van der Waals surface area contributed by atoms with Gasteiger partial charge in [-0.15, -0.1) is 0 Å². The van der Waals surface area contributed by atoms with E-state index in [1.54, 1.807) is 0 Å². The van der Waals surface area contributed by atoms with E-state index < -0.39 is 0 Å². The van der Waals surface area contributed by atoms with Gasteiger partial charge in [-0.1, -0.05) is 34.6 Å². The highest BCUT2D eigenvalue weighted by Crippen LogP contribution is 2.20. The van der Waals surface area contributed by atoms with Gasteiger partial charge in [0.15, 0.2) is 0 Å². The fourth-order valence-electron chi connectivity index (χ4n) is 3.14. The SMILES string of the molecule is CC(C)CN1CCC(CNC(=O)NC(CO)CC(C)(C)C)C1. The Bertz CT molecular complexity index is 339. The number of urea groups is 1. The lowest BCUT2D eigenvalue weighted by molar-refractivity contribution is 0.190. The molecule has 1 saturated heterocycles. The van der Waals surface area contributed by atoms with Gasteiger partial charge in [-0.2, -0.15) is 0 Å². The highest BCUT2D eigenvalue weighted by atomic mass is 16.3. The number of carbonyl (C=O) groups is 1. The predicted octanol–water partition coefficient (Wildman–Crippen LogP) is 2.06. The maximum absolute atomic E-state index is 12.0. The maximum atomic E-state index is 12.0. The normalized spacial score (nSPS) is 21.1. The first-order valence-electron chi connectivity index (χ1n) is 8.57. The number of carbonyl (C=O) groups excluding carboxylic acids is 1. The third-order valence-corrected chi connectivity index (χ3v) is 3.96. The van der Waals surface area contributed by atoms with Gasteiger partial charge in [-0.3, -0.25) is 0 Å². The van der Waals surface area contributed by atoms with E-state index in [4.69, 9.17) is 0 Å². The van der Waals surface area contributed by atoms with Crippen LogP contribution in [0, 0.1) is 17.3 Å². The second-order valence-electron chi connectivity index (χ2n) is 8.31. The molecule has 0 aromatic carbocycles. The Kier molecular flexibility index (Phi) is 7.63. The summed E-state index contributed by atoms with van der Waals surface area (Å²) in [4.78, 5) is 14.4. The molecular formula is C17H35N3O2. The van der Waals surface area contributed by atoms with E-state index in [2.05, 4.69) is 50.2 Å². The van der Waals surface area contributed by atoms with Crippen molar-refractivity contribution < 1.29 is 9.90 Å². The van der Waals surface area contributed by atoms with Crippen LogP contribution in [-0.4, -0.2) is 54.9 Å². The number of nitrogens with zero attached hydrogens (tertiary/aromatic N) is 1. The Morgan fingerprint density at radius 3 is 2.59 bits per heavy atom. The zero-order valence-corrected chi connectivity index (χ0v) is 15.0. The van der Waals surface area contributed by atoms with Crippen molar-refractivity contribution in [3.8, 4) is 0 Å². The van der Waals surface area contributed by atoms with Gasteiger partial charge < -0.3 is 20.6 Å². The van der Waals surface area contributed by atoms with E-state index in [1.165, 1.54) is 0 Å². The quantitative estimate of drug-likeness (QED) is 0.674.